The molecule has 1 atom stereocenters. The number of hydrogen-bond acceptors (Lipinski definition) is 4. The van der Waals surface area contributed by atoms with Crippen molar-refractivity contribution < 1.29 is 0 Å². The first kappa shape index (κ1) is 10.3. The van der Waals surface area contributed by atoms with Crippen LogP contribution >= 0.6 is 11.3 Å². The third-order valence-electron chi connectivity index (χ3n) is 2.30. The van der Waals surface area contributed by atoms with Crippen LogP contribution in [0.4, 0.5) is 0 Å². The van der Waals surface area contributed by atoms with Gasteiger partial charge >= 0.3 is 0 Å². The monoisotopic (exact) mass is 222 g/mol. The van der Waals surface area contributed by atoms with Crippen LogP contribution in [0.3, 0.4) is 0 Å². The molecule has 0 spiro atoms. The predicted molar refractivity (Wildman–Crippen MR) is 60.8 cm³/mol. The molecule has 1 N–H and O–H groups in total. The maximum absolute atomic E-state index is 4.04. The smallest absolute Gasteiger partial charge is 0.137 e. The van der Waals surface area contributed by atoms with Crippen molar-refractivity contribution in [1.82, 2.24) is 20.1 Å². The lowest BCUT2D eigenvalue weighted by Gasteiger charge is -2.11. The SMILES string of the molecule is CC(NCCn1cncn1)c1ccsc1. The summed E-state index contributed by atoms with van der Waals surface area (Å²) in [6, 6.07) is 2.55. The zero-order valence-electron chi connectivity index (χ0n) is 8.63. The first-order valence-corrected chi connectivity index (χ1v) is 5.88. The molecule has 0 amide bonds. The van der Waals surface area contributed by atoms with Crippen LogP contribution in [0.25, 0.3) is 0 Å². The zero-order chi connectivity index (χ0) is 10.5. The first-order chi connectivity index (χ1) is 7.36. The van der Waals surface area contributed by atoms with Gasteiger partial charge in [-0.15, -0.1) is 0 Å². The molecule has 5 heteroatoms. The highest BCUT2D eigenvalue weighted by molar-refractivity contribution is 7.07. The van der Waals surface area contributed by atoms with Gasteiger partial charge in [0.1, 0.15) is 12.7 Å². The molecule has 0 bridgehead atoms. The van der Waals surface area contributed by atoms with Gasteiger partial charge in [0, 0.05) is 12.6 Å². The molecule has 1 unspecified atom stereocenters. The lowest BCUT2D eigenvalue weighted by Crippen LogP contribution is -2.23. The summed E-state index contributed by atoms with van der Waals surface area (Å²) >= 11 is 1.73. The van der Waals surface area contributed by atoms with Crippen molar-refractivity contribution in [2.75, 3.05) is 6.54 Å². The second kappa shape index (κ2) is 5.04. The van der Waals surface area contributed by atoms with E-state index < -0.39 is 0 Å². The van der Waals surface area contributed by atoms with Crippen LogP contribution in [0.1, 0.15) is 18.5 Å². The Bertz CT molecular complexity index is 368. The summed E-state index contributed by atoms with van der Waals surface area (Å²) in [6.45, 7) is 3.93. The number of nitrogens with one attached hydrogen (secondary N) is 1. The van der Waals surface area contributed by atoms with E-state index in [1.165, 1.54) is 5.56 Å². The summed E-state index contributed by atoms with van der Waals surface area (Å²) in [5.41, 5.74) is 1.35. The number of aromatic nitrogens is 3. The van der Waals surface area contributed by atoms with Crippen molar-refractivity contribution in [1.29, 1.82) is 0 Å². The number of thiophene rings is 1. The van der Waals surface area contributed by atoms with Gasteiger partial charge in [-0.25, -0.2) is 4.98 Å². The summed E-state index contributed by atoms with van der Waals surface area (Å²) in [5, 5.41) is 11.8. The van der Waals surface area contributed by atoms with Gasteiger partial charge in [-0.1, -0.05) is 0 Å². The van der Waals surface area contributed by atoms with E-state index in [9.17, 15) is 0 Å². The molecule has 2 aromatic heterocycles. The Morgan fingerprint density at radius 1 is 1.60 bits per heavy atom. The lowest BCUT2D eigenvalue weighted by atomic mass is 10.2. The summed E-state index contributed by atoms with van der Waals surface area (Å²) in [7, 11) is 0. The minimum absolute atomic E-state index is 0.403. The molecule has 15 heavy (non-hydrogen) atoms. The van der Waals surface area contributed by atoms with Crippen LogP contribution in [0.5, 0.6) is 0 Å². The van der Waals surface area contributed by atoms with Gasteiger partial charge < -0.3 is 5.32 Å². The van der Waals surface area contributed by atoms with E-state index in [1.807, 2.05) is 4.68 Å². The van der Waals surface area contributed by atoms with E-state index in [-0.39, 0.29) is 0 Å². The Morgan fingerprint density at radius 3 is 3.20 bits per heavy atom. The van der Waals surface area contributed by atoms with E-state index >= 15 is 0 Å². The number of hydrogen-bond donors (Lipinski definition) is 1. The number of nitrogens with zero attached hydrogens (tertiary/aromatic N) is 3. The Morgan fingerprint density at radius 2 is 2.53 bits per heavy atom. The molecule has 0 aliphatic carbocycles. The maximum atomic E-state index is 4.04. The van der Waals surface area contributed by atoms with Crippen molar-refractivity contribution in [3.63, 3.8) is 0 Å². The Hall–Kier alpha value is -1.20. The van der Waals surface area contributed by atoms with E-state index in [4.69, 9.17) is 0 Å². The molecule has 0 aliphatic rings. The van der Waals surface area contributed by atoms with E-state index in [0.717, 1.165) is 13.1 Å². The van der Waals surface area contributed by atoms with Crippen LogP contribution in [0.2, 0.25) is 0 Å². The molecule has 2 aromatic rings. The highest BCUT2D eigenvalue weighted by Gasteiger charge is 2.03. The standard InChI is InChI=1S/C10H14N4S/c1-9(10-2-5-15-6-10)12-3-4-14-8-11-7-13-14/h2,5-9,12H,3-4H2,1H3. The molecule has 0 fully saturated rings. The molecular formula is C10H14N4S. The molecule has 2 heterocycles. The third kappa shape index (κ3) is 2.87. The van der Waals surface area contributed by atoms with E-state index in [1.54, 1.807) is 24.0 Å². The summed E-state index contributed by atoms with van der Waals surface area (Å²) in [6.07, 6.45) is 3.29. The van der Waals surface area contributed by atoms with Gasteiger partial charge in [0.25, 0.3) is 0 Å². The second-order valence-electron chi connectivity index (χ2n) is 3.39. The molecule has 0 aromatic carbocycles. The minimum atomic E-state index is 0.403. The molecule has 80 valence electrons. The molecular weight excluding hydrogens is 208 g/mol. The minimum Gasteiger partial charge on any atom is -0.308 e. The molecule has 2 rings (SSSR count). The highest BCUT2D eigenvalue weighted by Crippen LogP contribution is 2.14. The second-order valence-corrected chi connectivity index (χ2v) is 4.17. The van der Waals surface area contributed by atoms with Crippen molar-refractivity contribution >= 4 is 11.3 Å². The van der Waals surface area contributed by atoms with Crippen molar-refractivity contribution in [3.05, 3.63) is 35.0 Å². The van der Waals surface area contributed by atoms with Crippen LogP contribution in [0.15, 0.2) is 29.5 Å². The quantitative estimate of drug-likeness (QED) is 0.837. The zero-order valence-corrected chi connectivity index (χ0v) is 9.44. The topological polar surface area (TPSA) is 42.7 Å². The Kier molecular flexibility index (Phi) is 3.47. The lowest BCUT2D eigenvalue weighted by molar-refractivity contribution is 0.507. The fourth-order valence-corrected chi connectivity index (χ4v) is 2.14. The van der Waals surface area contributed by atoms with E-state index in [2.05, 4.69) is 39.1 Å². The predicted octanol–water partition coefficient (Wildman–Crippen LogP) is 1.69. The summed E-state index contributed by atoms with van der Waals surface area (Å²) in [4.78, 5) is 3.90. The normalized spacial score (nSPS) is 12.9. The molecule has 0 saturated heterocycles. The maximum Gasteiger partial charge on any atom is 0.137 e. The average molecular weight is 222 g/mol. The average Bonchev–Trinajstić information content (AvgIpc) is 2.90. The summed E-state index contributed by atoms with van der Waals surface area (Å²) in [5.74, 6) is 0. The van der Waals surface area contributed by atoms with Gasteiger partial charge in [0.05, 0.1) is 6.54 Å². The highest BCUT2D eigenvalue weighted by atomic mass is 32.1. The fraction of sp³-hybridized carbons (Fsp3) is 0.400. The molecule has 0 radical (unpaired) electrons. The Balaban J connectivity index is 1.74. The summed E-state index contributed by atoms with van der Waals surface area (Å²) < 4.78 is 1.83. The molecule has 0 aliphatic heterocycles. The van der Waals surface area contributed by atoms with Crippen molar-refractivity contribution in [2.24, 2.45) is 0 Å². The van der Waals surface area contributed by atoms with Gasteiger partial charge in [0.2, 0.25) is 0 Å². The molecule has 0 saturated carbocycles. The number of rotatable bonds is 5. The van der Waals surface area contributed by atoms with Gasteiger partial charge in [-0.3, -0.25) is 4.68 Å². The van der Waals surface area contributed by atoms with Gasteiger partial charge in [-0.05, 0) is 29.3 Å². The van der Waals surface area contributed by atoms with Crippen LogP contribution in [-0.2, 0) is 6.54 Å². The van der Waals surface area contributed by atoms with E-state index in [0.29, 0.717) is 6.04 Å². The Labute approximate surface area is 93.0 Å². The fourth-order valence-electron chi connectivity index (χ4n) is 1.38. The van der Waals surface area contributed by atoms with Crippen LogP contribution in [-0.4, -0.2) is 21.3 Å². The van der Waals surface area contributed by atoms with Gasteiger partial charge in [-0.2, -0.15) is 16.4 Å². The van der Waals surface area contributed by atoms with Crippen LogP contribution in [0, 0.1) is 0 Å². The first-order valence-electron chi connectivity index (χ1n) is 4.94. The molecule has 4 nitrogen and oxygen atoms in total. The third-order valence-corrected chi connectivity index (χ3v) is 3.00. The van der Waals surface area contributed by atoms with Crippen molar-refractivity contribution in [2.45, 2.75) is 19.5 Å². The largest absolute Gasteiger partial charge is 0.308 e. The van der Waals surface area contributed by atoms with Gasteiger partial charge in [0.15, 0.2) is 0 Å². The van der Waals surface area contributed by atoms with Crippen LogP contribution < -0.4 is 5.32 Å². The van der Waals surface area contributed by atoms with Crippen molar-refractivity contribution in [3.8, 4) is 0 Å².